The van der Waals surface area contributed by atoms with Gasteiger partial charge in [0, 0.05) is 11.8 Å². The van der Waals surface area contributed by atoms with E-state index in [2.05, 4.69) is 10.1 Å². The van der Waals surface area contributed by atoms with E-state index in [0.717, 1.165) is 5.56 Å². The molecule has 0 atom stereocenters. The summed E-state index contributed by atoms with van der Waals surface area (Å²) in [7, 11) is 0. The van der Waals surface area contributed by atoms with Crippen LogP contribution in [0.3, 0.4) is 0 Å². The molecule has 0 bridgehead atoms. The van der Waals surface area contributed by atoms with E-state index < -0.39 is 5.82 Å². The van der Waals surface area contributed by atoms with Crippen LogP contribution in [-0.2, 0) is 0 Å². The summed E-state index contributed by atoms with van der Waals surface area (Å²) in [4.78, 5) is 3.94. The maximum atomic E-state index is 13.5. The lowest BCUT2D eigenvalue weighted by molar-refractivity contribution is 0.618. The highest BCUT2D eigenvalue weighted by Gasteiger charge is 2.12. The molecule has 1 aromatic carbocycles. The fourth-order valence-electron chi connectivity index (χ4n) is 1.43. The Morgan fingerprint density at radius 2 is 1.88 bits per heavy atom. The van der Waals surface area contributed by atoms with E-state index in [1.807, 2.05) is 18.2 Å². The zero-order valence-electron chi connectivity index (χ0n) is 8.47. The smallest absolute Gasteiger partial charge is 0.151 e. The van der Waals surface area contributed by atoms with E-state index in [-0.39, 0.29) is 5.69 Å². The Hall–Kier alpha value is -2.23. The molecule has 2 rings (SSSR count). The summed E-state index contributed by atoms with van der Waals surface area (Å²) in [5.41, 5.74) is 1.25. The van der Waals surface area contributed by atoms with Gasteiger partial charge in [-0.15, -0.1) is 0 Å². The minimum Gasteiger partial charge on any atom is -0.323 e. The first-order chi connectivity index (χ1) is 7.83. The van der Waals surface area contributed by atoms with Crippen molar-refractivity contribution in [1.29, 1.82) is 0 Å². The fraction of sp³-hybridized carbons (Fsp3) is 0. The number of hydrazone groups is 1. The molecule has 2 aromatic rings. The molecule has 0 aliphatic rings. The van der Waals surface area contributed by atoms with Crippen molar-refractivity contribution in [2.45, 2.75) is 0 Å². The van der Waals surface area contributed by atoms with Gasteiger partial charge in [-0.2, -0.15) is 5.10 Å². The average molecular weight is 215 g/mol. The maximum Gasteiger partial charge on any atom is 0.151 e. The van der Waals surface area contributed by atoms with Gasteiger partial charge in [0.05, 0.1) is 0 Å². The average Bonchev–Trinajstić information content (AvgIpc) is 2.34. The Bertz CT molecular complexity index is 509. The van der Waals surface area contributed by atoms with Crippen LogP contribution in [0.2, 0.25) is 0 Å². The van der Waals surface area contributed by atoms with Gasteiger partial charge in [0.25, 0.3) is 0 Å². The number of hydrogen-bond donors (Lipinski definition) is 1. The van der Waals surface area contributed by atoms with Crippen LogP contribution in [-0.4, -0.2) is 10.7 Å². The summed E-state index contributed by atoms with van der Waals surface area (Å²) >= 11 is 0. The second-order valence-corrected chi connectivity index (χ2v) is 3.18. The molecular weight excluding hydrogens is 205 g/mol. The Morgan fingerprint density at radius 3 is 2.50 bits per heavy atom. The number of nitrogens with zero attached hydrogens (tertiary/aromatic N) is 2. The van der Waals surface area contributed by atoms with Crippen molar-refractivity contribution in [2.75, 3.05) is 0 Å². The number of pyridine rings is 1. The molecule has 1 heterocycles. The molecule has 0 saturated carbocycles. The Labute approximate surface area is 92.4 Å². The predicted molar refractivity (Wildman–Crippen MR) is 60.5 cm³/mol. The molecule has 0 spiro atoms. The third kappa shape index (κ3) is 1.91. The number of halogens is 1. The van der Waals surface area contributed by atoms with Gasteiger partial charge in [0.15, 0.2) is 5.82 Å². The second kappa shape index (κ2) is 4.53. The van der Waals surface area contributed by atoms with Crippen LogP contribution in [0.4, 0.5) is 4.39 Å². The van der Waals surface area contributed by atoms with Gasteiger partial charge in [-0.3, -0.25) is 4.98 Å². The molecule has 0 radical (unpaired) electrons. The zero-order chi connectivity index (χ0) is 11.4. The van der Waals surface area contributed by atoms with Gasteiger partial charge in [0.1, 0.15) is 11.4 Å². The molecule has 0 unspecified atom stereocenters. The van der Waals surface area contributed by atoms with Crippen LogP contribution in [0, 0.1) is 5.82 Å². The third-order valence-corrected chi connectivity index (χ3v) is 2.16. The van der Waals surface area contributed by atoms with Crippen LogP contribution >= 0.6 is 0 Å². The fourth-order valence-corrected chi connectivity index (χ4v) is 1.43. The summed E-state index contributed by atoms with van der Waals surface area (Å²) in [6.45, 7) is 0. The standard InChI is InChI=1S/C12H10FN3/c13-10-7-4-8-15-12(10)11(16-14)9-5-2-1-3-6-9/h1-8H,14H2/b16-11-. The molecular formula is C12H10FN3. The van der Waals surface area contributed by atoms with Crippen molar-refractivity contribution >= 4 is 5.71 Å². The summed E-state index contributed by atoms with van der Waals surface area (Å²) < 4.78 is 13.5. The topological polar surface area (TPSA) is 51.3 Å². The normalized spacial score (nSPS) is 11.4. The molecule has 0 fully saturated rings. The zero-order valence-corrected chi connectivity index (χ0v) is 8.47. The molecule has 2 N–H and O–H groups in total. The highest BCUT2D eigenvalue weighted by atomic mass is 19.1. The first kappa shape index (κ1) is 10.3. The van der Waals surface area contributed by atoms with Crippen LogP contribution in [0.25, 0.3) is 0 Å². The number of aromatic nitrogens is 1. The highest BCUT2D eigenvalue weighted by Crippen LogP contribution is 2.11. The molecule has 0 saturated heterocycles. The lowest BCUT2D eigenvalue weighted by Gasteiger charge is -2.05. The first-order valence-electron chi connectivity index (χ1n) is 4.77. The molecule has 0 amide bonds. The maximum absolute atomic E-state index is 13.5. The highest BCUT2D eigenvalue weighted by molar-refractivity contribution is 6.11. The van der Waals surface area contributed by atoms with Crippen molar-refractivity contribution in [3.8, 4) is 0 Å². The van der Waals surface area contributed by atoms with Crippen molar-refractivity contribution in [1.82, 2.24) is 4.98 Å². The van der Waals surface area contributed by atoms with Gasteiger partial charge in [-0.1, -0.05) is 30.3 Å². The first-order valence-corrected chi connectivity index (χ1v) is 4.77. The van der Waals surface area contributed by atoms with Gasteiger partial charge in [-0.05, 0) is 12.1 Å². The summed E-state index contributed by atoms with van der Waals surface area (Å²) in [5.74, 6) is 4.85. The minimum absolute atomic E-state index is 0.163. The lowest BCUT2D eigenvalue weighted by Crippen LogP contribution is -2.10. The van der Waals surface area contributed by atoms with Crippen molar-refractivity contribution in [3.63, 3.8) is 0 Å². The summed E-state index contributed by atoms with van der Waals surface area (Å²) in [6, 6.07) is 12.0. The van der Waals surface area contributed by atoms with E-state index in [1.165, 1.54) is 18.3 Å². The Balaban J connectivity index is 2.51. The molecule has 1 aromatic heterocycles. The quantitative estimate of drug-likeness (QED) is 0.472. The van der Waals surface area contributed by atoms with Crippen molar-refractivity contribution < 1.29 is 4.39 Å². The van der Waals surface area contributed by atoms with Crippen LogP contribution in [0.15, 0.2) is 53.8 Å². The monoisotopic (exact) mass is 215 g/mol. The van der Waals surface area contributed by atoms with Crippen molar-refractivity contribution in [2.24, 2.45) is 10.9 Å². The van der Waals surface area contributed by atoms with Crippen LogP contribution in [0.5, 0.6) is 0 Å². The van der Waals surface area contributed by atoms with E-state index in [0.29, 0.717) is 5.71 Å². The second-order valence-electron chi connectivity index (χ2n) is 3.18. The number of benzene rings is 1. The van der Waals surface area contributed by atoms with E-state index in [9.17, 15) is 4.39 Å². The van der Waals surface area contributed by atoms with Gasteiger partial charge in [0.2, 0.25) is 0 Å². The van der Waals surface area contributed by atoms with Crippen LogP contribution < -0.4 is 5.84 Å². The third-order valence-electron chi connectivity index (χ3n) is 2.16. The van der Waals surface area contributed by atoms with Gasteiger partial charge >= 0.3 is 0 Å². The number of rotatable bonds is 2. The number of nitrogens with two attached hydrogens (primary N) is 1. The molecule has 0 aliphatic heterocycles. The van der Waals surface area contributed by atoms with Crippen LogP contribution in [0.1, 0.15) is 11.3 Å². The minimum atomic E-state index is -0.435. The SMILES string of the molecule is N/N=C(/c1ccccc1)c1ncccc1F. The van der Waals surface area contributed by atoms with E-state index in [4.69, 9.17) is 5.84 Å². The summed E-state index contributed by atoms with van der Waals surface area (Å²) in [5, 5.41) is 3.60. The largest absolute Gasteiger partial charge is 0.323 e. The Kier molecular flexibility index (Phi) is 2.91. The Morgan fingerprint density at radius 1 is 1.12 bits per heavy atom. The summed E-state index contributed by atoms with van der Waals surface area (Å²) in [6.07, 6.45) is 1.51. The van der Waals surface area contributed by atoms with Crippen molar-refractivity contribution in [3.05, 3.63) is 65.7 Å². The van der Waals surface area contributed by atoms with Gasteiger partial charge < -0.3 is 5.84 Å². The van der Waals surface area contributed by atoms with E-state index in [1.54, 1.807) is 12.1 Å². The van der Waals surface area contributed by atoms with Gasteiger partial charge in [-0.25, -0.2) is 4.39 Å². The molecule has 80 valence electrons. The molecule has 3 nitrogen and oxygen atoms in total. The molecule has 0 aliphatic carbocycles. The molecule has 16 heavy (non-hydrogen) atoms. The number of hydrogen-bond acceptors (Lipinski definition) is 3. The van der Waals surface area contributed by atoms with E-state index >= 15 is 0 Å². The predicted octanol–water partition coefficient (Wildman–Crippen LogP) is 1.93. The molecule has 4 heteroatoms. The lowest BCUT2D eigenvalue weighted by atomic mass is 10.1.